The maximum atomic E-state index is 5.57. The first-order valence-electron chi connectivity index (χ1n) is 10.4. The summed E-state index contributed by atoms with van der Waals surface area (Å²) < 4.78 is 5.31. The molecule has 152 valence electrons. The summed E-state index contributed by atoms with van der Waals surface area (Å²) >= 11 is -1.86. The summed E-state index contributed by atoms with van der Waals surface area (Å²) in [5.74, 6) is 0. The summed E-state index contributed by atoms with van der Waals surface area (Å²) in [6.45, 7) is 13.3. The molecule has 0 aromatic carbocycles. The number of hydrogen-bond acceptors (Lipinski definition) is 6. The van der Waals surface area contributed by atoms with Gasteiger partial charge in [-0.3, -0.25) is 0 Å². The first-order chi connectivity index (χ1) is 12.1. The van der Waals surface area contributed by atoms with Gasteiger partial charge in [0, 0.05) is 0 Å². The number of nitrogens with one attached hydrogen (secondary N) is 3. The van der Waals surface area contributed by atoms with E-state index >= 15 is 0 Å². The molecule has 0 rings (SSSR count). The third-order valence-electron chi connectivity index (χ3n) is 5.27. The Morgan fingerprint density at radius 2 is 0.920 bits per heavy atom. The standard InChI is InChI=1S/3C5H13N2.C3H7.Ti/c3*1-2-4-7-5-3-6;1-3-2;/h3*7H,1-6H2;3H,1-2H3;. The molecule has 0 spiro atoms. The van der Waals surface area contributed by atoms with Gasteiger partial charge in [0.25, 0.3) is 0 Å². The van der Waals surface area contributed by atoms with Gasteiger partial charge in [-0.15, -0.1) is 0 Å². The van der Waals surface area contributed by atoms with Crippen molar-refractivity contribution in [3.8, 4) is 0 Å². The van der Waals surface area contributed by atoms with Gasteiger partial charge >= 0.3 is 160 Å². The quantitative estimate of drug-likeness (QED) is 0.144. The molecule has 0 radical (unpaired) electrons. The SMILES string of the molecule is C[CH](C)[Ti]([CH2]CCNCCN)([CH2]CCNCCN)[CH2]CCNCCN. The second-order valence-corrected chi connectivity index (χ2v) is 15.8. The molecule has 0 aliphatic rings. The molecule has 0 amide bonds. The van der Waals surface area contributed by atoms with Crippen LogP contribution in [0.4, 0.5) is 0 Å². The van der Waals surface area contributed by atoms with E-state index in [1.807, 2.05) is 0 Å². The van der Waals surface area contributed by atoms with Crippen molar-refractivity contribution in [1.29, 1.82) is 0 Å². The zero-order chi connectivity index (χ0) is 18.8. The monoisotopic (exact) mass is 394 g/mol. The van der Waals surface area contributed by atoms with Crippen molar-refractivity contribution >= 4 is 0 Å². The summed E-state index contributed by atoms with van der Waals surface area (Å²) in [4.78, 5) is 0. The molecule has 0 fully saturated rings. The molecule has 0 saturated heterocycles. The van der Waals surface area contributed by atoms with Gasteiger partial charge in [-0.25, -0.2) is 0 Å². The molecular formula is C18H46N6Ti. The second kappa shape index (κ2) is 17.9. The Kier molecular flexibility index (Phi) is 18.2. The van der Waals surface area contributed by atoms with Crippen LogP contribution in [0.25, 0.3) is 0 Å². The molecule has 0 aliphatic heterocycles. The van der Waals surface area contributed by atoms with Crippen molar-refractivity contribution in [3.63, 3.8) is 0 Å². The summed E-state index contributed by atoms with van der Waals surface area (Å²) in [6, 6.07) is 0. The predicted molar refractivity (Wildman–Crippen MR) is 109 cm³/mol. The first-order valence-corrected chi connectivity index (χ1v) is 14.6. The minimum absolute atomic E-state index is 0.733. The van der Waals surface area contributed by atoms with Crippen LogP contribution in [0.1, 0.15) is 33.1 Å². The van der Waals surface area contributed by atoms with Gasteiger partial charge in [-0.05, 0) is 0 Å². The summed E-state index contributed by atoms with van der Waals surface area (Å²) in [5.41, 5.74) is 16.7. The Morgan fingerprint density at radius 3 is 1.16 bits per heavy atom. The zero-order valence-corrected chi connectivity index (χ0v) is 18.5. The molecule has 0 aromatic heterocycles. The fourth-order valence-electron chi connectivity index (χ4n) is 3.62. The summed E-state index contributed by atoms with van der Waals surface area (Å²) in [7, 11) is 0. The van der Waals surface area contributed by atoms with Crippen molar-refractivity contribution in [2.75, 3.05) is 58.9 Å². The molecule has 0 saturated carbocycles. The Morgan fingerprint density at radius 1 is 0.600 bits per heavy atom. The van der Waals surface area contributed by atoms with E-state index in [1.165, 1.54) is 33.4 Å². The van der Waals surface area contributed by atoms with Gasteiger partial charge in [-0.2, -0.15) is 0 Å². The Labute approximate surface area is 160 Å². The van der Waals surface area contributed by atoms with Gasteiger partial charge in [0.2, 0.25) is 0 Å². The maximum absolute atomic E-state index is 5.57. The van der Waals surface area contributed by atoms with Crippen molar-refractivity contribution in [2.45, 2.75) is 51.5 Å². The van der Waals surface area contributed by atoms with Gasteiger partial charge in [-0.1, -0.05) is 0 Å². The van der Waals surface area contributed by atoms with E-state index in [4.69, 9.17) is 17.2 Å². The van der Waals surface area contributed by atoms with Crippen LogP contribution in [0.5, 0.6) is 0 Å². The van der Waals surface area contributed by atoms with E-state index in [9.17, 15) is 0 Å². The first kappa shape index (κ1) is 25.5. The third-order valence-corrected chi connectivity index (χ3v) is 15.4. The van der Waals surface area contributed by atoms with Gasteiger partial charge in [0.15, 0.2) is 0 Å². The number of rotatable bonds is 19. The average molecular weight is 394 g/mol. The molecule has 6 nitrogen and oxygen atoms in total. The van der Waals surface area contributed by atoms with Crippen LogP contribution in [0, 0.1) is 0 Å². The van der Waals surface area contributed by atoms with Crippen LogP contribution < -0.4 is 33.2 Å². The Balaban J connectivity index is 4.46. The molecule has 25 heavy (non-hydrogen) atoms. The van der Waals surface area contributed by atoms with E-state index < -0.39 is 16.6 Å². The van der Waals surface area contributed by atoms with Crippen LogP contribution >= 0.6 is 0 Å². The van der Waals surface area contributed by atoms with E-state index in [0.717, 1.165) is 63.1 Å². The minimum atomic E-state index is -1.86. The fraction of sp³-hybridized carbons (Fsp3) is 1.00. The van der Waals surface area contributed by atoms with Crippen LogP contribution in [-0.2, 0) is 16.6 Å². The topological polar surface area (TPSA) is 114 Å². The van der Waals surface area contributed by atoms with E-state index in [2.05, 4.69) is 29.8 Å². The molecule has 0 bridgehead atoms. The van der Waals surface area contributed by atoms with E-state index in [1.54, 1.807) is 0 Å². The number of hydrogen-bond donors (Lipinski definition) is 6. The number of nitrogens with two attached hydrogens (primary N) is 3. The van der Waals surface area contributed by atoms with Crippen molar-refractivity contribution < 1.29 is 16.6 Å². The van der Waals surface area contributed by atoms with Gasteiger partial charge in [0.05, 0.1) is 0 Å². The average Bonchev–Trinajstić information content (AvgIpc) is 2.60. The fourth-order valence-corrected chi connectivity index (χ4v) is 11.6. The van der Waals surface area contributed by atoms with Gasteiger partial charge < -0.3 is 0 Å². The van der Waals surface area contributed by atoms with Crippen LogP contribution in [-0.4, -0.2) is 58.9 Å². The van der Waals surface area contributed by atoms with Crippen LogP contribution in [0.15, 0.2) is 0 Å². The van der Waals surface area contributed by atoms with E-state index in [0.29, 0.717) is 0 Å². The van der Waals surface area contributed by atoms with Gasteiger partial charge in [0.1, 0.15) is 0 Å². The summed E-state index contributed by atoms with van der Waals surface area (Å²) in [5, 5.41) is 10.4. The van der Waals surface area contributed by atoms with Crippen LogP contribution in [0.2, 0.25) is 18.4 Å². The molecule has 0 aromatic rings. The molecule has 0 heterocycles. The third kappa shape index (κ3) is 13.3. The Hall–Kier alpha value is 0.474. The molecule has 9 N–H and O–H groups in total. The predicted octanol–water partition coefficient (Wildman–Crippen LogP) is 1.04. The van der Waals surface area contributed by atoms with Crippen LogP contribution in [0.3, 0.4) is 0 Å². The van der Waals surface area contributed by atoms with Crippen molar-refractivity contribution in [1.82, 2.24) is 16.0 Å². The molecular weight excluding hydrogens is 348 g/mol. The molecule has 0 unspecified atom stereocenters. The van der Waals surface area contributed by atoms with Crippen molar-refractivity contribution in [3.05, 3.63) is 0 Å². The Bertz CT molecular complexity index is 242. The van der Waals surface area contributed by atoms with Crippen molar-refractivity contribution in [2.24, 2.45) is 17.2 Å². The normalized spacial score (nSPS) is 12.2. The van der Waals surface area contributed by atoms with E-state index in [-0.39, 0.29) is 0 Å². The summed E-state index contributed by atoms with van der Waals surface area (Å²) in [6.07, 6.45) is 3.93. The zero-order valence-electron chi connectivity index (χ0n) is 16.9. The molecule has 7 heteroatoms. The second-order valence-electron chi connectivity index (χ2n) is 7.44. The molecule has 0 aliphatic carbocycles. The molecule has 0 atom stereocenters.